The quantitative estimate of drug-likeness (QED) is 0.772. The van der Waals surface area contributed by atoms with E-state index in [2.05, 4.69) is 37.4 Å². The highest BCUT2D eigenvalue weighted by molar-refractivity contribution is 7.98. The van der Waals surface area contributed by atoms with Crippen molar-refractivity contribution in [3.63, 3.8) is 0 Å². The van der Waals surface area contributed by atoms with Gasteiger partial charge in [0.15, 0.2) is 0 Å². The molecular weight excluding hydrogens is 216 g/mol. The molecule has 0 aliphatic carbocycles. The Morgan fingerprint density at radius 2 is 2.00 bits per heavy atom. The minimum absolute atomic E-state index is 0.686. The van der Waals surface area contributed by atoms with Crippen LogP contribution in [0.25, 0.3) is 0 Å². The number of thioether (sulfide) groups is 1. The molecule has 0 aromatic carbocycles. The summed E-state index contributed by atoms with van der Waals surface area (Å²) in [6, 6.07) is 1.38. The Labute approximate surface area is 106 Å². The molecule has 0 aromatic rings. The maximum atomic E-state index is 3.81. The van der Waals surface area contributed by atoms with Crippen molar-refractivity contribution in [2.75, 3.05) is 32.1 Å². The first-order chi connectivity index (χ1) is 7.67. The number of hydrogen-bond donors (Lipinski definition) is 1. The zero-order valence-corrected chi connectivity index (χ0v) is 12.1. The molecule has 2 nitrogen and oxygen atoms in total. The fraction of sp³-hybridized carbons (Fsp3) is 1.00. The van der Waals surface area contributed by atoms with Gasteiger partial charge in [-0.05, 0) is 58.5 Å². The van der Waals surface area contributed by atoms with E-state index in [1.165, 1.54) is 38.1 Å². The molecule has 3 heteroatoms. The molecule has 1 rings (SSSR count). The molecule has 1 fully saturated rings. The van der Waals surface area contributed by atoms with Crippen molar-refractivity contribution in [1.82, 2.24) is 10.2 Å². The summed E-state index contributed by atoms with van der Waals surface area (Å²) in [5, 5.41) is 3.81. The first kappa shape index (κ1) is 14.3. The first-order valence-electron chi connectivity index (χ1n) is 6.60. The van der Waals surface area contributed by atoms with Crippen LogP contribution in [0.3, 0.4) is 0 Å². The zero-order chi connectivity index (χ0) is 12.0. The lowest BCUT2D eigenvalue weighted by molar-refractivity contribution is 0.185. The lowest BCUT2D eigenvalue weighted by Crippen LogP contribution is -2.45. The molecule has 96 valence electrons. The minimum atomic E-state index is 0.686. The predicted octanol–water partition coefficient (Wildman–Crippen LogP) is 2.45. The summed E-state index contributed by atoms with van der Waals surface area (Å²) in [6.07, 6.45) is 6.17. The number of piperidine rings is 1. The molecule has 2 atom stereocenters. The van der Waals surface area contributed by atoms with Gasteiger partial charge in [-0.3, -0.25) is 0 Å². The monoisotopic (exact) mass is 244 g/mol. The Balaban J connectivity index is 2.30. The summed E-state index contributed by atoms with van der Waals surface area (Å²) in [5.74, 6) is 2.13. The third-order valence-electron chi connectivity index (χ3n) is 3.83. The smallest absolute Gasteiger partial charge is 0.0158 e. The summed E-state index contributed by atoms with van der Waals surface area (Å²) in [5.41, 5.74) is 0. The van der Waals surface area contributed by atoms with Crippen LogP contribution in [0.1, 0.15) is 33.1 Å². The number of likely N-dealkylation sites (tertiary alicyclic amines) is 1. The van der Waals surface area contributed by atoms with Gasteiger partial charge in [-0.15, -0.1) is 0 Å². The van der Waals surface area contributed by atoms with Crippen LogP contribution in [0.4, 0.5) is 0 Å². The number of hydrogen-bond acceptors (Lipinski definition) is 3. The van der Waals surface area contributed by atoms with E-state index in [1.54, 1.807) is 0 Å². The second-order valence-electron chi connectivity index (χ2n) is 5.16. The van der Waals surface area contributed by atoms with Gasteiger partial charge in [0.05, 0.1) is 0 Å². The predicted molar refractivity (Wildman–Crippen MR) is 75.3 cm³/mol. The van der Waals surface area contributed by atoms with Gasteiger partial charge < -0.3 is 10.2 Å². The highest BCUT2D eigenvalue weighted by Gasteiger charge is 2.23. The van der Waals surface area contributed by atoms with E-state index in [1.807, 2.05) is 11.8 Å². The van der Waals surface area contributed by atoms with Crippen LogP contribution >= 0.6 is 11.8 Å². The average molecular weight is 244 g/mol. The zero-order valence-electron chi connectivity index (χ0n) is 11.3. The van der Waals surface area contributed by atoms with E-state index in [9.17, 15) is 0 Å². The summed E-state index contributed by atoms with van der Waals surface area (Å²) in [7, 11) is 2.23. The highest BCUT2D eigenvalue weighted by Crippen LogP contribution is 2.20. The topological polar surface area (TPSA) is 15.3 Å². The standard InChI is InChI=1S/C13H28N2S/c1-5-13(10-16-4)14-11(2)12-6-8-15(3)9-7-12/h11-14H,5-10H2,1-4H3. The van der Waals surface area contributed by atoms with Crippen molar-refractivity contribution in [3.8, 4) is 0 Å². The van der Waals surface area contributed by atoms with Crippen LogP contribution in [0.15, 0.2) is 0 Å². The molecular formula is C13H28N2S. The van der Waals surface area contributed by atoms with Crippen molar-refractivity contribution in [2.24, 2.45) is 5.92 Å². The summed E-state index contributed by atoms with van der Waals surface area (Å²) in [6.45, 7) is 7.21. The molecule has 1 aliphatic rings. The van der Waals surface area contributed by atoms with Gasteiger partial charge >= 0.3 is 0 Å². The van der Waals surface area contributed by atoms with Crippen LogP contribution in [0, 0.1) is 5.92 Å². The number of nitrogens with zero attached hydrogens (tertiary/aromatic N) is 1. The molecule has 1 aliphatic heterocycles. The number of nitrogens with one attached hydrogen (secondary N) is 1. The Morgan fingerprint density at radius 3 is 2.50 bits per heavy atom. The summed E-state index contributed by atoms with van der Waals surface area (Å²) >= 11 is 1.95. The van der Waals surface area contributed by atoms with Crippen molar-refractivity contribution in [2.45, 2.75) is 45.2 Å². The molecule has 0 amide bonds. The molecule has 0 aromatic heterocycles. The van der Waals surface area contributed by atoms with Gasteiger partial charge in [-0.25, -0.2) is 0 Å². The molecule has 1 N–H and O–H groups in total. The van der Waals surface area contributed by atoms with Gasteiger partial charge in [0.2, 0.25) is 0 Å². The Morgan fingerprint density at radius 1 is 1.38 bits per heavy atom. The van der Waals surface area contributed by atoms with Crippen LogP contribution in [-0.4, -0.2) is 49.1 Å². The molecule has 16 heavy (non-hydrogen) atoms. The average Bonchev–Trinajstić information content (AvgIpc) is 2.29. The fourth-order valence-corrected chi connectivity index (χ4v) is 3.26. The normalized spacial score (nSPS) is 23.2. The van der Waals surface area contributed by atoms with Crippen LogP contribution in [0.2, 0.25) is 0 Å². The molecule has 0 spiro atoms. The Kier molecular flexibility index (Phi) is 6.78. The Hall–Kier alpha value is 0.270. The van der Waals surface area contributed by atoms with Gasteiger partial charge in [0, 0.05) is 17.8 Å². The van der Waals surface area contributed by atoms with E-state index in [4.69, 9.17) is 0 Å². The van der Waals surface area contributed by atoms with Crippen LogP contribution in [-0.2, 0) is 0 Å². The van der Waals surface area contributed by atoms with E-state index in [0.717, 1.165) is 5.92 Å². The van der Waals surface area contributed by atoms with Crippen molar-refractivity contribution < 1.29 is 0 Å². The third-order valence-corrected chi connectivity index (χ3v) is 4.57. The second kappa shape index (κ2) is 7.57. The largest absolute Gasteiger partial charge is 0.310 e. The van der Waals surface area contributed by atoms with Gasteiger partial charge in [-0.2, -0.15) is 11.8 Å². The maximum Gasteiger partial charge on any atom is 0.0158 e. The highest BCUT2D eigenvalue weighted by atomic mass is 32.2. The van der Waals surface area contributed by atoms with Crippen molar-refractivity contribution >= 4 is 11.8 Å². The van der Waals surface area contributed by atoms with Gasteiger partial charge in [0.25, 0.3) is 0 Å². The molecule has 0 saturated carbocycles. The van der Waals surface area contributed by atoms with Gasteiger partial charge in [-0.1, -0.05) is 6.92 Å². The molecule has 0 radical (unpaired) electrons. The third kappa shape index (κ3) is 4.64. The van der Waals surface area contributed by atoms with E-state index in [0.29, 0.717) is 12.1 Å². The maximum absolute atomic E-state index is 3.81. The van der Waals surface area contributed by atoms with Crippen LogP contribution < -0.4 is 5.32 Å². The lowest BCUT2D eigenvalue weighted by atomic mass is 9.90. The molecule has 0 bridgehead atoms. The fourth-order valence-electron chi connectivity index (χ4n) is 2.52. The molecule has 1 heterocycles. The van der Waals surface area contributed by atoms with E-state index >= 15 is 0 Å². The van der Waals surface area contributed by atoms with Gasteiger partial charge in [0.1, 0.15) is 0 Å². The SMILES string of the molecule is CCC(CSC)NC(C)C1CCN(C)CC1. The minimum Gasteiger partial charge on any atom is -0.310 e. The lowest BCUT2D eigenvalue weighted by Gasteiger charge is -2.34. The second-order valence-corrected chi connectivity index (χ2v) is 6.07. The summed E-state index contributed by atoms with van der Waals surface area (Å²) in [4.78, 5) is 2.45. The van der Waals surface area contributed by atoms with Crippen LogP contribution in [0.5, 0.6) is 0 Å². The number of rotatable bonds is 6. The van der Waals surface area contributed by atoms with Crippen molar-refractivity contribution in [3.05, 3.63) is 0 Å². The van der Waals surface area contributed by atoms with E-state index < -0.39 is 0 Å². The summed E-state index contributed by atoms with van der Waals surface area (Å²) < 4.78 is 0. The molecule has 2 unspecified atom stereocenters. The van der Waals surface area contributed by atoms with E-state index in [-0.39, 0.29) is 0 Å². The Bertz CT molecular complexity index is 179. The molecule has 1 saturated heterocycles. The van der Waals surface area contributed by atoms with Crippen molar-refractivity contribution in [1.29, 1.82) is 0 Å². The first-order valence-corrected chi connectivity index (χ1v) is 8.00.